The summed E-state index contributed by atoms with van der Waals surface area (Å²) in [6.07, 6.45) is 10.7. The van der Waals surface area contributed by atoms with Crippen LogP contribution in [0.1, 0.15) is 45.4 Å². The summed E-state index contributed by atoms with van der Waals surface area (Å²) in [5.74, 6) is 0. The summed E-state index contributed by atoms with van der Waals surface area (Å²) in [4.78, 5) is 0. The maximum absolute atomic E-state index is 3.73. The molecular formula is C11H22Se. The van der Waals surface area contributed by atoms with E-state index in [2.05, 4.69) is 19.6 Å². The van der Waals surface area contributed by atoms with E-state index >= 15 is 0 Å². The fourth-order valence-electron chi connectivity index (χ4n) is 1.15. The van der Waals surface area contributed by atoms with Crippen molar-refractivity contribution in [3.63, 3.8) is 0 Å². The zero-order valence-electron chi connectivity index (χ0n) is 8.35. The Morgan fingerprint density at radius 2 is 1.75 bits per heavy atom. The third-order valence-electron chi connectivity index (χ3n) is 1.88. The molecule has 0 aliphatic heterocycles. The molecule has 0 aromatic rings. The van der Waals surface area contributed by atoms with E-state index in [1.54, 1.807) is 0 Å². The van der Waals surface area contributed by atoms with Gasteiger partial charge < -0.3 is 0 Å². The van der Waals surface area contributed by atoms with Crippen molar-refractivity contribution < 1.29 is 0 Å². The molecule has 0 aromatic heterocycles. The van der Waals surface area contributed by atoms with E-state index in [0.717, 1.165) is 15.0 Å². The monoisotopic (exact) mass is 234 g/mol. The van der Waals surface area contributed by atoms with Crippen LogP contribution in [-0.4, -0.2) is 15.0 Å². The number of unbranched alkanes of at least 4 members (excludes halogenated alkanes) is 5. The minimum absolute atomic E-state index is 0.854. The summed E-state index contributed by atoms with van der Waals surface area (Å²) < 4.78 is 0. The number of allylic oxidation sites excluding steroid dienone is 1. The number of hydrogen-bond acceptors (Lipinski definition) is 0. The van der Waals surface area contributed by atoms with Crippen LogP contribution in [0, 0.1) is 0 Å². The van der Waals surface area contributed by atoms with Gasteiger partial charge in [-0.25, -0.2) is 0 Å². The zero-order chi connectivity index (χ0) is 9.07. The number of rotatable bonds is 9. The van der Waals surface area contributed by atoms with E-state index in [0.29, 0.717) is 0 Å². The quantitative estimate of drug-likeness (QED) is 0.320. The van der Waals surface area contributed by atoms with Crippen LogP contribution in [0.2, 0.25) is 10.6 Å². The Labute approximate surface area is 84.0 Å². The van der Waals surface area contributed by atoms with Crippen molar-refractivity contribution in [3.05, 3.63) is 12.7 Å². The summed E-state index contributed by atoms with van der Waals surface area (Å²) in [6.45, 7) is 6.01. The van der Waals surface area contributed by atoms with Gasteiger partial charge in [-0.3, -0.25) is 0 Å². The average molecular weight is 233 g/mol. The molecule has 0 heterocycles. The molecule has 0 aliphatic rings. The third-order valence-corrected chi connectivity index (χ3v) is 4.08. The summed E-state index contributed by atoms with van der Waals surface area (Å²) >= 11 is 0.854. The van der Waals surface area contributed by atoms with Crippen molar-refractivity contribution in [1.29, 1.82) is 0 Å². The first-order valence-electron chi connectivity index (χ1n) is 5.10. The van der Waals surface area contributed by atoms with Crippen LogP contribution in [0.3, 0.4) is 0 Å². The molecule has 0 saturated carbocycles. The van der Waals surface area contributed by atoms with E-state index in [4.69, 9.17) is 0 Å². The van der Waals surface area contributed by atoms with Crippen molar-refractivity contribution in [2.75, 3.05) is 0 Å². The van der Waals surface area contributed by atoms with E-state index in [9.17, 15) is 0 Å². The summed E-state index contributed by atoms with van der Waals surface area (Å²) in [6, 6.07) is 0. The molecule has 0 rings (SSSR count). The summed E-state index contributed by atoms with van der Waals surface area (Å²) in [5, 5.41) is 2.73. The SMILES string of the molecule is C=CC[Se]CCCCCCCC. The predicted octanol–water partition coefficient (Wildman–Crippen LogP) is 4.07. The van der Waals surface area contributed by atoms with Gasteiger partial charge in [-0.15, -0.1) is 0 Å². The van der Waals surface area contributed by atoms with Crippen molar-refractivity contribution in [2.45, 2.75) is 56.1 Å². The van der Waals surface area contributed by atoms with Crippen LogP contribution in [0.25, 0.3) is 0 Å². The molecule has 0 radical (unpaired) electrons. The molecule has 0 fully saturated rings. The van der Waals surface area contributed by atoms with Crippen molar-refractivity contribution in [2.24, 2.45) is 0 Å². The Balaban J connectivity index is 2.77. The van der Waals surface area contributed by atoms with Gasteiger partial charge in [-0.2, -0.15) is 0 Å². The van der Waals surface area contributed by atoms with Crippen LogP contribution in [0.5, 0.6) is 0 Å². The Kier molecular flexibility index (Phi) is 11.5. The first kappa shape index (κ1) is 12.3. The van der Waals surface area contributed by atoms with Crippen molar-refractivity contribution in [3.8, 4) is 0 Å². The molecule has 0 aliphatic carbocycles. The van der Waals surface area contributed by atoms with Gasteiger partial charge in [-0.1, -0.05) is 0 Å². The molecule has 1 heteroatoms. The fourth-order valence-corrected chi connectivity index (χ4v) is 2.71. The van der Waals surface area contributed by atoms with Crippen LogP contribution in [0.15, 0.2) is 12.7 Å². The van der Waals surface area contributed by atoms with Gasteiger partial charge in [0.15, 0.2) is 0 Å². The Bertz CT molecular complexity index is 89.0. The Hall–Kier alpha value is 0.259. The van der Waals surface area contributed by atoms with Crippen LogP contribution in [0.4, 0.5) is 0 Å². The van der Waals surface area contributed by atoms with Crippen molar-refractivity contribution >= 4 is 15.0 Å². The van der Waals surface area contributed by atoms with E-state index in [-0.39, 0.29) is 0 Å². The average Bonchev–Trinajstić information content (AvgIpc) is 2.10. The molecule has 0 spiro atoms. The third kappa shape index (κ3) is 10.3. The number of hydrogen-bond donors (Lipinski definition) is 0. The summed E-state index contributed by atoms with van der Waals surface area (Å²) in [5.41, 5.74) is 0. The molecule has 72 valence electrons. The first-order chi connectivity index (χ1) is 5.91. The molecule has 0 saturated heterocycles. The predicted molar refractivity (Wildman–Crippen MR) is 58.9 cm³/mol. The van der Waals surface area contributed by atoms with Crippen LogP contribution in [-0.2, 0) is 0 Å². The minimum atomic E-state index is 0.854. The maximum atomic E-state index is 3.73. The van der Waals surface area contributed by atoms with Gasteiger partial charge in [0.25, 0.3) is 0 Å². The van der Waals surface area contributed by atoms with Gasteiger partial charge in [-0.05, 0) is 0 Å². The molecule has 0 aromatic carbocycles. The van der Waals surface area contributed by atoms with E-state index in [1.165, 1.54) is 49.2 Å². The molecule has 0 atom stereocenters. The Morgan fingerprint density at radius 3 is 2.42 bits per heavy atom. The van der Waals surface area contributed by atoms with Gasteiger partial charge in [0.1, 0.15) is 0 Å². The van der Waals surface area contributed by atoms with Crippen molar-refractivity contribution in [1.82, 2.24) is 0 Å². The van der Waals surface area contributed by atoms with E-state index in [1.807, 2.05) is 0 Å². The first-order valence-corrected chi connectivity index (χ1v) is 7.52. The topological polar surface area (TPSA) is 0 Å². The van der Waals surface area contributed by atoms with Crippen LogP contribution >= 0.6 is 0 Å². The second-order valence-electron chi connectivity index (χ2n) is 3.13. The second-order valence-corrected chi connectivity index (χ2v) is 5.54. The molecule has 0 unspecified atom stereocenters. The van der Waals surface area contributed by atoms with Gasteiger partial charge in [0.05, 0.1) is 0 Å². The molecule has 0 nitrogen and oxygen atoms in total. The standard InChI is InChI=1S/C11H22Se/c1-3-5-6-7-8-9-11-12-10-4-2/h4H,2-3,5-11H2,1H3. The second kappa shape index (κ2) is 11.3. The van der Waals surface area contributed by atoms with Crippen LogP contribution < -0.4 is 0 Å². The zero-order valence-corrected chi connectivity index (χ0v) is 10.1. The fraction of sp³-hybridized carbons (Fsp3) is 0.818. The van der Waals surface area contributed by atoms with Gasteiger partial charge in [0.2, 0.25) is 0 Å². The molecule has 0 bridgehead atoms. The molecule has 0 N–H and O–H groups in total. The Morgan fingerprint density at radius 1 is 1.08 bits per heavy atom. The molecule has 0 amide bonds. The van der Waals surface area contributed by atoms with Gasteiger partial charge in [0, 0.05) is 0 Å². The molecule has 12 heavy (non-hydrogen) atoms. The molecular weight excluding hydrogens is 211 g/mol. The van der Waals surface area contributed by atoms with E-state index < -0.39 is 0 Å². The van der Waals surface area contributed by atoms with Gasteiger partial charge >= 0.3 is 83.7 Å². The normalized spacial score (nSPS) is 10.1. The summed E-state index contributed by atoms with van der Waals surface area (Å²) in [7, 11) is 0.